The van der Waals surface area contributed by atoms with Crippen molar-refractivity contribution < 1.29 is 9.84 Å². The summed E-state index contributed by atoms with van der Waals surface area (Å²) >= 11 is 0. The van der Waals surface area contributed by atoms with Crippen LogP contribution in [0.15, 0.2) is 0 Å². The molecule has 84 valence electrons. The van der Waals surface area contributed by atoms with Crippen molar-refractivity contribution in [3.8, 4) is 0 Å². The van der Waals surface area contributed by atoms with Crippen molar-refractivity contribution in [3.63, 3.8) is 0 Å². The molecule has 0 aromatic rings. The van der Waals surface area contributed by atoms with E-state index in [-0.39, 0.29) is 17.7 Å². The van der Waals surface area contributed by atoms with Crippen LogP contribution in [0.4, 0.5) is 0 Å². The van der Waals surface area contributed by atoms with E-state index in [9.17, 15) is 5.11 Å². The summed E-state index contributed by atoms with van der Waals surface area (Å²) in [5.74, 6) is 0. The van der Waals surface area contributed by atoms with Crippen LogP contribution in [-0.4, -0.2) is 48.0 Å². The van der Waals surface area contributed by atoms with E-state index < -0.39 is 0 Å². The van der Waals surface area contributed by atoms with Crippen LogP contribution in [0.5, 0.6) is 0 Å². The highest BCUT2D eigenvalue weighted by molar-refractivity contribution is 4.91. The zero-order valence-corrected chi connectivity index (χ0v) is 9.84. The summed E-state index contributed by atoms with van der Waals surface area (Å²) in [4.78, 5) is 2.32. The summed E-state index contributed by atoms with van der Waals surface area (Å²) in [6.45, 7) is 8.48. The lowest BCUT2D eigenvalue weighted by molar-refractivity contribution is -0.0834. The van der Waals surface area contributed by atoms with E-state index in [1.165, 1.54) is 0 Å². The van der Waals surface area contributed by atoms with Gasteiger partial charge in [-0.2, -0.15) is 0 Å². The van der Waals surface area contributed by atoms with Crippen LogP contribution >= 0.6 is 0 Å². The number of hydrogen-bond donors (Lipinski definition) is 1. The third-order valence-corrected chi connectivity index (χ3v) is 3.39. The molecule has 0 spiro atoms. The van der Waals surface area contributed by atoms with Crippen LogP contribution < -0.4 is 0 Å². The first-order valence-corrected chi connectivity index (χ1v) is 5.35. The Hall–Kier alpha value is -0.120. The highest BCUT2D eigenvalue weighted by atomic mass is 16.5. The topological polar surface area (TPSA) is 32.7 Å². The number of piperidine rings is 1. The van der Waals surface area contributed by atoms with Gasteiger partial charge in [0.1, 0.15) is 0 Å². The van der Waals surface area contributed by atoms with E-state index in [0.29, 0.717) is 0 Å². The lowest BCUT2D eigenvalue weighted by Crippen LogP contribution is -2.56. The number of methoxy groups -OCH3 is 1. The van der Waals surface area contributed by atoms with E-state index in [4.69, 9.17) is 4.74 Å². The summed E-state index contributed by atoms with van der Waals surface area (Å²) in [5, 5.41) is 9.31. The minimum Gasteiger partial charge on any atom is -0.394 e. The summed E-state index contributed by atoms with van der Waals surface area (Å²) in [5.41, 5.74) is -0.162. The van der Waals surface area contributed by atoms with Gasteiger partial charge in [-0.1, -0.05) is 0 Å². The van der Waals surface area contributed by atoms with Gasteiger partial charge in [0.25, 0.3) is 0 Å². The van der Waals surface area contributed by atoms with E-state index >= 15 is 0 Å². The second-order valence-corrected chi connectivity index (χ2v) is 5.15. The summed E-state index contributed by atoms with van der Waals surface area (Å²) in [6.07, 6.45) is 2.26. The summed E-state index contributed by atoms with van der Waals surface area (Å²) < 4.78 is 5.53. The fourth-order valence-electron chi connectivity index (χ4n) is 1.99. The lowest BCUT2D eigenvalue weighted by Gasteiger charge is -2.46. The summed E-state index contributed by atoms with van der Waals surface area (Å²) in [7, 11) is 1.77. The molecule has 0 saturated carbocycles. The van der Waals surface area contributed by atoms with Gasteiger partial charge in [-0.25, -0.2) is 0 Å². The molecule has 0 aromatic carbocycles. The maximum atomic E-state index is 9.31. The number of hydrogen-bond acceptors (Lipinski definition) is 3. The quantitative estimate of drug-likeness (QED) is 0.746. The predicted octanol–water partition coefficient (Wildman–Crippen LogP) is 1.26. The maximum Gasteiger partial charge on any atom is 0.0777 e. The monoisotopic (exact) mass is 201 g/mol. The lowest BCUT2D eigenvalue weighted by atomic mass is 9.90. The molecule has 1 aliphatic heterocycles. The SMILES string of the molecule is COC1(C)CCCN(C(C)(C)CO)C1. The number of ether oxygens (including phenoxy) is 1. The van der Waals surface area contributed by atoms with E-state index in [1.807, 2.05) is 0 Å². The van der Waals surface area contributed by atoms with Gasteiger partial charge in [-0.3, -0.25) is 4.90 Å². The third kappa shape index (κ3) is 2.47. The average molecular weight is 201 g/mol. The zero-order valence-electron chi connectivity index (χ0n) is 9.84. The van der Waals surface area contributed by atoms with Crippen LogP contribution in [0.3, 0.4) is 0 Å². The molecule has 3 nitrogen and oxygen atoms in total. The molecule has 0 radical (unpaired) electrons. The van der Waals surface area contributed by atoms with Crippen LogP contribution in [0.25, 0.3) is 0 Å². The Labute approximate surface area is 87.1 Å². The molecular weight excluding hydrogens is 178 g/mol. The molecule has 0 bridgehead atoms. The Morgan fingerprint density at radius 1 is 1.50 bits per heavy atom. The molecule has 0 amide bonds. The first-order chi connectivity index (χ1) is 6.43. The van der Waals surface area contributed by atoms with E-state index in [0.717, 1.165) is 25.9 Å². The Morgan fingerprint density at radius 3 is 2.64 bits per heavy atom. The molecular formula is C11H23NO2. The number of aliphatic hydroxyl groups is 1. The second kappa shape index (κ2) is 4.17. The van der Waals surface area contributed by atoms with Gasteiger partial charge in [-0.05, 0) is 40.2 Å². The predicted molar refractivity (Wildman–Crippen MR) is 57.4 cm³/mol. The Balaban J connectivity index is 2.65. The number of rotatable bonds is 3. The van der Waals surface area contributed by atoms with Crippen molar-refractivity contribution in [2.45, 2.75) is 44.8 Å². The van der Waals surface area contributed by atoms with Crippen LogP contribution in [0.1, 0.15) is 33.6 Å². The fourth-order valence-corrected chi connectivity index (χ4v) is 1.99. The van der Waals surface area contributed by atoms with Gasteiger partial charge in [0.2, 0.25) is 0 Å². The molecule has 1 heterocycles. The molecule has 1 unspecified atom stereocenters. The van der Waals surface area contributed by atoms with Gasteiger partial charge in [0.15, 0.2) is 0 Å². The first kappa shape index (κ1) is 12.0. The highest BCUT2D eigenvalue weighted by Crippen LogP contribution is 2.28. The van der Waals surface area contributed by atoms with E-state index in [1.54, 1.807) is 7.11 Å². The standard InChI is InChI=1S/C11H23NO2/c1-10(2,9-13)12-7-5-6-11(3,8-12)14-4/h13H,5-9H2,1-4H3. The van der Waals surface area contributed by atoms with Gasteiger partial charge < -0.3 is 9.84 Å². The second-order valence-electron chi connectivity index (χ2n) is 5.15. The van der Waals surface area contributed by atoms with Crippen LogP contribution in [-0.2, 0) is 4.74 Å². The molecule has 14 heavy (non-hydrogen) atoms. The van der Waals surface area contributed by atoms with E-state index in [2.05, 4.69) is 25.7 Å². The Morgan fingerprint density at radius 2 is 2.14 bits per heavy atom. The first-order valence-electron chi connectivity index (χ1n) is 5.35. The molecule has 1 saturated heterocycles. The zero-order chi connectivity index (χ0) is 10.8. The normalized spacial score (nSPS) is 30.6. The van der Waals surface area contributed by atoms with Gasteiger partial charge >= 0.3 is 0 Å². The molecule has 1 N–H and O–H groups in total. The molecule has 0 aliphatic carbocycles. The fraction of sp³-hybridized carbons (Fsp3) is 1.00. The maximum absolute atomic E-state index is 9.31. The highest BCUT2D eigenvalue weighted by Gasteiger charge is 2.36. The minimum absolute atomic E-state index is 0.0370. The van der Waals surface area contributed by atoms with Crippen molar-refractivity contribution in [1.29, 1.82) is 0 Å². The number of aliphatic hydroxyl groups excluding tert-OH is 1. The molecule has 3 heteroatoms. The Kier molecular flexibility index (Phi) is 3.56. The van der Waals surface area contributed by atoms with Crippen molar-refractivity contribution in [2.24, 2.45) is 0 Å². The molecule has 0 aromatic heterocycles. The molecule has 1 atom stereocenters. The Bertz CT molecular complexity index is 189. The molecule has 1 fully saturated rings. The molecule has 1 aliphatic rings. The van der Waals surface area contributed by atoms with Gasteiger partial charge in [0.05, 0.1) is 12.2 Å². The largest absolute Gasteiger partial charge is 0.394 e. The van der Waals surface area contributed by atoms with Crippen molar-refractivity contribution in [3.05, 3.63) is 0 Å². The van der Waals surface area contributed by atoms with Crippen molar-refractivity contribution in [1.82, 2.24) is 4.90 Å². The van der Waals surface area contributed by atoms with Crippen LogP contribution in [0, 0.1) is 0 Å². The minimum atomic E-state index is -0.125. The number of nitrogens with zero attached hydrogens (tertiary/aromatic N) is 1. The van der Waals surface area contributed by atoms with Gasteiger partial charge in [0, 0.05) is 19.2 Å². The van der Waals surface area contributed by atoms with Crippen molar-refractivity contribution >= 4 is 0 Å². The third-order valence-electron chi connectivity index (χ3n) is 3.39. The van der Waals surface area contributed by atoms with Gasteiger partial charge in [-0.15, -0.1) is 0 Å². The average Bonchev–Trinajstić information content (AvgIpc) is 2.18. The molecule has 1 rings (SSSR count). The number of likely N-dealkylation sites (tertiary alicyclic amines) is 1. The smallest absolute Gasteiger partial charge is 0.0777 e. The van der Waals surface area contributed by atoms with Crippen molar-refractivity contribution in [2.75, 3.05) is 26.8 Å². The summed E-state index contributed by atoms with van der Waals surface area (Å²) in [6, 6.07) is 0. The van der Waals surface area contributed by atoms with Crippen LogP contribution in [0.2, 0.25) is 0 Å².